The van der Waals surface area contributed by atoms with Gasteiger partial charge in [0.15, 0.2) is 5.78 Å². The Morgan fingerprint density at radius 2 is 1.78 bits per heavy atom. The van der Waals surface area contributed by atoms with Gasteiger partial charge in [-0.05, 0) is 68.8 Å². The zero-order chi connectivity index (χ0) is 22.9. The molecule has 0 unspecified atom stereocenters. The van der Waals surface area contributed by atoms with Gasteiger partial charge in [-0.3, -0.25) is 19.7 Å². The largest absolute Gasteiger partial charge is 0.370 e. The third-order valence-corrected chi connectivity index (χ3v) is 6.18. The molecule has 2 aromatic rings. The molecule has 7 nitrogen and oxygen atoms in total. The number of carbonyl (C=O) groups is 2. The number of likely N-dealkylation sites (tertiary alicyclic amines) is 1. The maximum absolute atomic E-state index is 12.3. The number of nitrogens with two attached hydrogens (primary N) is 1. The summed E-state index contributed by atoms with van der Waals surface area (Å²) < 4.78 is 0. The number of non-ortho nitro benzene ring substituents is 1. The number of unbranched alkanes of at least 4 members (excludes halogenated alkanes) is 1. The molecule has 1 heterocycles. The predicted molar refractivity (Wildman–Crippen MR) is 124 cm³/mol. The van der Waals surface area contributed by atoms with E-state index in [1.165, 1.54) is 17.7 Å². The zero-order valence-corrected chi connectivity index (χ0v) is 18.4. The Hall–Kier alpha value is -3.06. The number of primary amides is 1. The smallest absolute Gasteiger partial charge is 0.270 e. The molecule has 0 atom stereocenters. The second kappa shape index (κ2) is 11.5. The van der Waals surface area contributed by atoms with Crippen LogP contribution in [0.25, 0.3) is 0 Å². The first-order chi connectivity index (χ1) is 15.4. The molecule has 7 heteroatoms. The molecular formula is C25H31N3O4. The summed E-state index contributed by atoms with van der Waals surface area (Å²) in [5.41, 5.74) is 8.14. The van der Waals surface area contributed by atoms with Crippen molar-refractivity contribution in [1.29, 1.82) is 0 Å². The molecule has 0 aromatic heterocycles. The number of piperidine rings is 1. The van der Waals surface area contributed by atoms with E-state index < -0.39 is 4.92 Å². The molecule has 32 heavy (non-hydrogen) atoms. The minimum absolute atomic E-state index is 0.0383. The van der Waals surface area contributed by atoms with E-state index >= 15 is 0 Å². The average Bonchev–Trinajstić information content (AvgIpc) is 2.81. The number of nitrogens with zero attached hydrogens (tertiary/aromatic N) is 2. The van der Waals surface area contributed by atoms with Crippen molar-refractivity contribution in [3.05, 3.63) is 75.3 Å². The Morgan fingerprint density at radius 3 is 2.50 bits per heavy atom. The molecule has 0 bridgehead atoms. The van der Waals surface area contributed by atoms with Crippen LogP contribution in [0.2, 0.25) is 0 Å². The van der Waals surface area contributed by atoms with Crippen molar-refractivity contribution >= 4 is 17.4 Å². The highest BCUT2D eigenvalue weighted by molar-refractivity contribution is 5.96. The number of Topliss-reactive ketones (excluding diaryl/α,β-unsaturated/α-hetero) is 1. The van der Waals surface area contributed by atoms with Crippen molar-refractivity contribution in [3.63, 3.8) is 0 Å². The molecule has 3 rings (SSSR count). The molecule has 2 aromatic carbocycles. The molecule has 0 aliphatic carbocycles. The summed E-state index contributed by atoms with van der Waals surface area (Å²) in [6.45, 7) is 3.04. The number of nitro benzene ring substituents is 1. The van der Waals surface area contributed by atoms with Crippen LogP contribution in [-0.4, -0.2) is 41.1 Å². The Balaban J connectivity index is 1.38. The lowest BCUT2D eigenvalue weighted by atomic mass is 9.88. The van der Waals surface area contributed by atoms with Gasteiger partial charge in [0.1, 0.15) is 0 Å². The number of nitro groups is 1. The monoisotopic (exact) mass is 437 g/mol. The number of amides is 1. The second-order valence-corrected chi connectivity index (χ2v) is 8.51. The highest BCUT2D eigenvalue weighted by Crippen LogP contribution is 2.29. The Labute approximate surface area is 188 Å². The van der Waals surface area contributed by atoms with Gasteiger partial charge in [-0.1, -0.05) is 36.4 Å². The van der Waals surface area contributed by atoms with Gasteiger partial charge in [-0.2, -0.15) is 0 Å². The number of carbonyl (C=O) groups excluding carboxylic acids is 2. The van der Waals surface area contributed by atoms with Crippen molar-refractivity contribution in [2.24, 2.45) is 5.73 Å². The van der Waals surface area contributed by atoms with Gasteiger partial charge in [0, 0.05) is 30.5 Å². The number of benzene rings is 2. The van der Waals surface area contributed by atoms with E-state index in [1.807, 2.05) is 0 Å². The van der Waals surface area contributed by atoms with Gasteiger partial charge >= 0.3 is 0 Å². The average molecular weight is 438 g/mol. The predicted octanol–water partition coefficient (Wildman–Crippen LogP) is 4.25. The lowest BCUT2D eigenvalue weighted by Gasteiger charge is -2.32. The molecule has 0 saturated carbocycles. The Morgan fingerprint density at radius 1 is 1.03 bits per heavy atom. The number of hydrogen-bond donors (Lipinski definition) is 1. The quantitative estimate of drug-likeness (QED) is 0.245. The maximum Gasteiger partial charge on any atom is 0.270 e. The molecule has 2 N–H and O–H groups in total. The topological polar surface area (TPSA) is 107 Å². The molecule has 1 fully saturated rings. The molecule has 170 valence electrons. The van der Waals surface area contributed by atoms with Gasteiger partial charge in [0.05, 0.1) is 4.92 Å². The summed E-state index contributed by atoms with van der Waals surface area (Å²) in [5, 5.41) is 10.9. The highest BCUT2D eigenvalue weighted by Gasteiger charge is 2.20. The molecule has 0 radical (unpaired) electrons. The summed E-state index contributed by atoms with van der Waals surface area (Å²) in [6.07, 6.45) is 5.41. The number of ketones is 1. The minimum Gasteiger partial charge on any atom is -0.370 e. The Kier molecular flexibility index (Phi) is 8.50. The van der Waals surface area contributed by atoms with Crippen LogP contribution < -0.4 is 5.73 Å². The van der Waals surface area contributed by atoms with Crippen LogP contribution in [0.5, 0.6) is 0 Å². The van der Waals surface area contributed by atoms with E-state index in [1.54, 1.807) is 12.1 Å². The SMILES string of the molecule is NC(=O)CCc1cccc(C2CCN(CCCCC(=O)c3cccc([N+](=O)[O-])c3)CC2)c1. The van der Waals surface area contributed by atoms with Crippen LogP contribution in [0.15, 0.2) is 48.5 Å². The number of rotatable bonds is 11. The fourth-order valence-corrected chi connectivity index (χ4v) is 4.32. The standard InChI is InChI=1S/C25H31N3O4/c26-25(30)11-10-19-5-3-6-21(17-19)20-12-15-27(16-13-20)14-2-1-9-24(29)22-7-4-8-23(18-22)28(31)32/h3-8,17-18,20H,1-2,9-16H2,(H2,26,30). The normalized spacial score (nSPS) is 14.9. The fraction of sp³-hybridized carbons (Fsp3) is 0.440. The van der Waals surface area contributed by atoms with E-state index in [0.717, 1.165) is 50.9 Å². The minimum atomic E-state index is -0.474. The molecule has 0 spiro atoms. The van der Waals surface area contributed by atoms with Crippen molar-refractivity contribution in [3.8, 4) is 0 Å². The van der Waals surface area contributed by atoms with Crippen LogP contribution in [0, 0.1) is 10.1 Å². The molecule has 1 aliphatic rings. The summed E-state index contributed by atoms with van der Waals surface area (Å²) >= 11 is 0. The van der Waals surface area contributed by atoms with Crippen molar-refractivity contribution in [2.75, 3.05) is 19.6 Å². The van der Waals surface area contributed by atoms with Crippen molar-refractivity contribution in [1.82, 2.24) is 4.90 Å². The third kappa shape index (κ3) is 6.99. The second-order valence-electron chi connectivity index (χ2n) is 8.51. The fourth-order valence-electron chi connectivity index (χ4n) is 4.32. The van der Waals surface area contributed by atoms with Crippen LogP contribution >= 0.6 is 0 Å². The molecule has 1 amide bonds. The Bertz CT molecular complexity index is 952. The van der Waals surface area contributed by atoms with Crippen molar-refractivity contribution < 1.29 is 14.5 Å². The molecule has 1 aliphatic heterocycles. The van der Waals surface area contributed by atoms with Gasteiger partial charge in [0.25, 0.3) is 5.69 Å². The lowest BCUT2D eigenvalue weighted by molar-refractivity contribution is -0.384. The summed E-state index contributed by atoms with van der Waals surface area (Å²) in [4.78, 5) is 36.2. The van der Waals surface area contributed by atoms with E-state index in [9.17, 15) is 19.7 Å². The van der Waals surface area contributed by atoms with Gasteiger partial charge < -0.3 is 10.6 Å². The van der Waals surface area contributed by atoms with E-state index in [-0.39, 0.29) is 17.4 Å². The highest BCUT2D eigenvalue weighted by atomic mass is 16.6. The zero-order valence-electron chi connectivity index (χ0n) is 18.4. The third-order valence-electron chi connectivity index (χ3n) is 6.18. The molecule has 1 saturated heterocycles. The molecular weight excluding hydrogens is 406 g/mol. The first-order valence-corrected chi connectivity index (χ1v) is 11.3. The van der Waals surface area contributed by atoms with Gasteiger partial charge in [-0.15, -0.1) is 0 Å². The summed E-state index contributed by atoms with van der Waals surface area (Å²) in [5.74, 6) is 0.231. The van der Waals surface area contributed by atoms with Gasteiger partial charge in [0.2, 0.25) is 5.91 Å². The van der Waals surface area contributed by atoms with Crippen LogP contribution in [-0.2, 0) is 11.2 Å². The van der Waals surface area contributed by atoms with Crippen LogP contribution in [0.3, 0.4) is 0 Å². The number of aryl methyl sites for hydroxylation is 1. The van der Waals surface area contributed by atoms with E-state index in [4.69, 9.17) is 5.73 Å². The summed E-state index contributed by atoms with van der Waals surface area (Å²) in [7, 11) is 0. The number of hydrogen-bond acceptors (Lipinski definition) is 5. The van der Waals surface area contributed by atoms with Crippen LogP contribution in [0.4, 0.5) is 5.69 Å². The van der Waals surface area contributed by atoms with Gasteiger partial charge in [-0.25, -0.2) is 0 Å². The van der Waals surface area contributed by atoms with E-state index in [2.05, 4.69) is 29.2 Å². The lowest BCUT2D eigenvalue weighted by Crippen LogP contribution is -2.33. The van der Waals surface area contributed by atoms with E-state index in [0.29, 0.717) is 30.7 Å². The summed E-state index contributed by atoms with van der Waals surface area (Å²) in [6, 6.07) is 14.5. The maximum atomic E-state index is 12.3. The first-order valence-electron chi connectivity index (χ1n) is 11.3. The van der Waals surface area contributed by atoms with Crippen molar-refractivity contribution in [2.45, 2.75) is 50.9 Å². The first kappa shape index (κ1) is 23.6. The van der Waals surface area contributed by atoms with Crippen LogP contribution in [0.1, 0.15) is 65.9 Å².